The molecule has 5 heteroatoms. The number of phenols is 1. The first-order chi connectivity index (χ1) is 17.0. The van der Waals surface area contributed by atoms with Gasteiger partial charge in [-0.05, 0) is 62.4 Å². The molecule has 0 amide bonds. The Bertz CT molecular complexity index is 1100. The molecule has 2 heterocycles. The molecule has 2 fully saturated rings. The van der Waals surface area contributed by atoms with Crippen molar-refractivity contribution in [2.75, 3.05) is 19.6 Å². The van der Waals surface area contributed by atoms with Crippen molar-refractivity contribution >= 4 is 0 Å². The third kappa shape index (κ3) is 3.24. The van der Waals surface area contributed by atoms with Crippen LogP contribution in [0.25, 0.3) is 0 Å². The summed E-state index contributed by atoms with van der Waals surface area (Å²) in [5.41, 5.74) is 2.28. The van der Waals surface area contributed by atoms with Gasteiger partial charge in [-0.15, -0.1) is 6.58 Å². The molecule has 2 bridgehead atoms. The van der Waals surface area contributed by atoms with Gasteiger partial charge in [-0.25, -0.2) is 0 Å². The van der Waals surface area contributed by atoms with Gasteiger partial charge in [0.05, 0.1) is 11.0 Å². The molecule has 0 unspecified atom stereocenters. The Morgan fingerprint density at radius 1 is 1.20 bits per heavy atom. The van der Waals surface area contributed by atoms with Crippen LogP contribution in [0.15, 0.2) is 55.1 Å². The normalized spacial score (nSPS) is 32.8. The second kappa shape index (κ2) is 8.65. The number of rotatable bonds is 8. The number of unbranched alkanes of at least 4 members (excludes halogenated alkanes) is 1. The fourth-order valence-corrected chi connectivity index (χ4v) is 7.90. The van der Waals surface area contributed by atoms with Crippen LogP contribution in [0.4, 0.5) is 0 Å². The largest absolute Gasteiger partial charge is 0.504 e. The lowest BCUT2D eigenvalue weighted by Crippen LogP contribution is -2.78. The van der Waals surface area contributed by atoms with E-state index in [1.807, 2.05) is 6.08 Å². The van der Waals surface area contributed by atoms with Crippen molar-refractivity contribution < 1.29 is 14.9 Å². The zero-order chi connectivity index (χ0) is 24.2. The van der Waals surface area contributed by atoms with Gasteiger partial charge < -0.3 is 14.9 Å². The van der Waals surface area contributed by atoms with Gasteiger partial charge in [0.1, 0.15) is 6.10 Å². The second-order valence-electron chi connectivity index (χ2n) is 11.1. The topological polar surface area (TPSA) is 56.2 Å². The summed E-state index contributed by atoms with van der Waals surface area (Å²) >= 11 is 0. The summed E-state index contributed by atoms with van der Waals surface area (Å²) in [4.78, 5) is 5.02. The molecule has 2 aromatic rings. The van der Waals surface area contributed by atoms with Gasteiger partial charge in [0.15, 0.2) is 11.5 Å². The summed E-state index contributed by atoms with van der Waals surface area (Å²) in [6, 6.07) is 14.8. The van der Waals surface area contributed by atoms with Crippen molar-refractivity contribution in [1.29, 1.82) is 0 Å². The average Bonchev–Trinajstić information content (AvgIpc) is 3.22. The van der Waals surface area contributed by atoms with Gasteiger partial charge in [0, 0.05) is 30.7 Å². The number of aromatic hydroxyl groups is 1. The first-order valence-corrected chi connectivity index (χ1v) is 13.4. The summed E-state index contributed by atoms with van der Waals surface area (Å²) < 4.78 is 6.79. The molecule has 2 aliphatic carbocycles. The Morgan fingerprint density at radius 3 is 2.80 bits per heavy atom. The van der Waals surface area contributed by atoms with E-state index < -0.39 is 11.0 Å². The quantitative estimate of drug-likeness (QED) is 0.556. The smallest absolute Gasteiger partial charge is 0.165 e. The number of hydrogen-bond acceptors (Lipinski definition) is 5. The lowest BCUT2D eigenvalue weighted by atomic mass is 9.48. The molecular weight excluding hydrogens is 436 g/mol. The summed E-state index contributed by atoms with van der Waals surface area (Å²) in [5.74, 6) is 0.840. The molecule has 186 valence electrons. The number of aliphatic hydroxyl groups is 1. The van der Waals surface area contributed by atoms with Crippen molar-refractivity contribution in [3.05, 3.63) is 71.8 Å². The van der Waals surface area contributed by atoms with Crippen LogP contribution < -0.4 is 4.74 Å². The molecule has 2 aromatic carbocycles. The maximum absolute atomic E-state index is 12.6. The van der Waals surface area contributed by atoms with E-state index in [4.69, 9.17) is 4.74 Å². The van der Waals surface area contributed by atoms with Gasteiger partial charge in [-0.1, -0.05) is 55.8 Å². The van der Waals surface area contributed by atoms with E-state index in [2.05, 4.69) is 59.7 Å². The van der Waals surface area contributed by atoms with E-state index in [0.29, 0.717) is 5.75 Å². The van der Waals surface area contributed by atoms with E-state index in [0.717, 1.165) is 70.3 Å². The molecule has 5 nitrogen and oxygen atoms in total. The first-order valence-electron chi connectivity index (χ1n) is 13.4. The van der Waals surface area contributed by atoms with Crippen molar-refractivity contribution in [2.45, 2.75) is 81.2 Å². The Balaban J connectivity index is 1.45. The fraction of sp³-hybridized carbons (Fsp3) is 0.533. The standard InChI is InChI=1S/C30H38N2O3/c1-3-5-17-32(20-21-9-7-6-8-10-21)23-13-14-30(34)25-19-22-11-12-24(33)27-26(22)29(30,28(23)35-27)15-18-31(25)16-4-2/h4,6-12,23,25,28,33-34H,2-3,5,13-20H2,1H3/t23-,25+,28-,29-,30+/m0/s1. The highest BCUT2D eigenvalue weighted by molar-refractivity contribution is 5.62. The maximum atomic E-state index is 12.6. The van der Waals surface area contributed by atoms with Crippen molar-refractivity contribution in [3.8, 4) is 11.5 Å². The van der Waals surface area contributed by atoms with Gasteiger partial charge in [0.25, 0.3) is 0 Å². The van der Waals surface area contributed by atoms with Crippen LogP contribution in [-0.4, -0.2) is 63.4 Å². The molecule has 1 spiro atoms. The molecule has 5 atom stereocenters. The number of piperidine rings is 1. The van der Waals surface area contributed by atoms with Crippen LogP contribution in [0.1, 0.15) is 55.7 Å². The number of likely N-dealkylation sites (tertiary alicyclic amines) is 1. The second-order valence-corrected chi connectivity index (χ2v) is 11.1. The van der Waals surface area contributed by atoms with E-state index in [1.54, 1.807) is 6.07 Å². The van der Waals surface area contributed by atoms with Crippen LogP contribution in [0.5, 0.6) is 11.5 Å². The van der Waals surface area contributed by atoms with Crippen LogP contribution in [0.2, 0.25) is 0 Å². The number of benzene rings is 2. The lowest BCUT2D eigenvalue weighted by molar-refractivity contribution is -0.199. The zero-order valence-corrected chi connectivity index (χ0v) is 20.8. The first kappa shape index (κ1) is 23.1. The maximum Gasteiger partial charge on any atom is 0.165 e. The molecule has 0 radical (unpaired) electrons. The molecule has 4 aliphatic rings. The molecule has 2 N–H and O–H groups in total. The van der Waals surface area contributed by atoms with Gasteiger partial charge in [-0.2, -0.15) is 0 Å². The summed E-state index contributed by atoms with van der Waals surface area (Å²) in [7, 11) is 0. The third-order valence-corrected chi connectivity index (χ3v) is 9.40. The summed E-state index contributed by atoms with van der Waals surface area (Å²) in [5, 5.41) is 23.5. The minimum Gasteiger partial charge on any atom is -0.504 e. The molecule has 0 aromatic heterocycles. The predicted octanol–water partition coefficient (Wildman–Crippen LogP) is 4.40. The average molecular weight is 475 g/mol. The number of hydrogen-bond donors (Lipinski definition) is 2. The van der Waals surface area contributed by atoms with Crippen molar-refractivity contribution in [1.82, 2.24) is 9.80 Å². The zero-order valence-electron chi connectivity index (χ0n) is 20.8. The van der Waals surface area contributed by atoms with E-state index in [9.17, 15) is 10.2 Å². The highest BCUT2D eigenvalue weighted by Crippen LogP contribution is 2.65. The van der Waals surface area contributed by atoms with Gasteiger partial charge in [-0.3, -0.25) is 9.80 Å². The minimum absolute atomic E-state index is 0.0440. The highest BCUT2D eigenvalue weighted by Gasteiger charge is 2.73. The summed E-state index contributed by atoms with van der Waals surface area (Å²) in [6.07, 6.45) is 7.33. The molecule has 2 aliphatic heterocycles. The molecule has 1 saturated heterocycles. The van der Waals surface area contributed by atoms with Crippen LogP contribution in [0, 0.1) is 0 Å². The highest BCUT2D eigenvalue weighted by atomic mass is 16.5. The fourth-order valence-electron chi connectivity index (χ4n) is 7.90. The SMILES string of the molecule is C=CCN1CC[C@]23c4c5ccc(O)c4O[C@H]2[C@@H](N(CCCC)Cc2ccccc2)CC[C@@]3(O)[C@H]1C5. The Labute approximate surface area is 209 Å². The van der Waals surface area contributed by atoms with Crippen molar-refractivity contribution in [3.63, 3.8) is 0 Å². The monoisotopic (exact) mass is 474 g/mol. The summed E-state index contributed by atoms with van der Waals surface area (Å²) in [6.45, 7) is 9.80. The molecule has 6 rings (SSSR count). The third-order valence-electron chi connectivity index (χ3n) is 9.40. The van der Waals surface area contributed by atoms with Crippen LogP contribution in [0.3, 0.4) is 0 Å². The Kier molecular flexibility index (Phi) is 5.70. The Hall–Kier alpha value is -2.34. The number of nitrogens with zero attached hydrogens (tertiary/aromatic N) is 2. The minimum atomic E-state index is -0.870. The molecule has 1 saturated carbocycles. The predicted molar refractivity (Wildman–Crippen MR) is 138 cm³/mol. The lowest BCUT2D eigenvalue weighted by Gasteiger charge is -2.64. The van der Waals surface area contributed by atoms with Crippen molar-refractivity contribution in [2.24, 2.45) is 0 Å². The van der Waals surface area contributed by atoms with E-state index in [1.165, 1.54) is 11.1 Å². The van der Waals surface area contributed by atoms with E-state index in [-0.39, 0.29) is 23.9 Å². The van der Waals surface area contributed by atoms with Gasteiger partial charge >= 0.3 is 0 Å². The van der Waals surface area contributed by atoms with Gasteiger partial charge in [0.2, 0.25) is 0 Å². The van der Waals surface area contributed by atoms with E-state index >= 15 is 0 Å². The number of ether oxygens (including phenoxy) is 1. The number of phenolic OH excluding ortho intramolecular Hbond substituents is 1. The van der Waals surface area contributed by atoms with Crippen LogP contribution in [-0.2, 0) is 18.4 Å². The molecular formula is C30H38N2O3. The molecule has 35 heavy (non-hydrogen) atoms. The van der Waals surface area contributed by atoms with Crippen LogP contribution >= 0.6 is 0 Å². The Morgan fingerprint density at radius 2 is 2.03 bits per heavy atom.